The number of carbonyl (C=O) groups excluding carboxylic acids is 2. The second kappa shape index (κ2) is 9.48. The molecule has 0 aromatic heterocycles. The Balaban J connectivity index is 5.96. The normalized spacial score (nSPS) is 17.9. The Morgan fingerprint density at radius 3 is 1.23 bits per heavy atom. The molecule has 0 spiro atoms. The maximum absolute atomic E-state index is 11.7. The summed E-state index contributed by atoms with van der Waals surface area (Å²) in [5, 5.41) is 40.3. The molecule has 0 heterocycles. The van der Waals surface area contributed by atoms with E-state index in [0.717, 1.165) is 13.8 Å². The fourth-order valence-corrected chi connectivity index (χ4v) is 2.73. The van der Waals surface area contributed by atoms with Crippen LogP contribution in [-0.4, -0.2) is 68.7 Å². The Labute approximate surface area is 150 Å². The fourth-order valence-electron chi connectivity index (χ4n) is 2.73. The quantitative estimate of drug-likeness (QED) is 0.353. The van der Waals surface area contributed by atoms with Gasteiger partial charge in [-0.1, -0.05) is 13.8 Å². The van der Waals surface area contributed by atoms with Crippen LogP contribution in [0.4, 0.5) is 0 Å². The van der Waals surface area contributed by atoms with Gasteiger partial charge in [-0.05, 0) is 13.8 Å². The van der Waals surface area contributed by atoms with Crippen molar-refractivity contribution in [3.8, 4) is 0 Å². The fraction of sp³-hybridized carbons (Fsp3) is 0.750. The van der Waals surface area contributed by atoms with Crippen molar-refractivity contribution in [1.82, 2.24) is 0 Å². The van der Waals surface area contributed by atoms with Crippen molar-refractivity contribution in [3.05, 3.63) is 0 Å². The third kappa shape index (κ3) is 4.70. The molecule has 0 rings (SSSR count). The van der Waals surface area contributed by atoms with Gasteiger partial charge in [-0.2, -0.15) is 0 Å². The molecule has 0 aromatic rings. The van der Waals surface area contributed by atoms with Crippen molar-refractivity contribution in [2.45, 2.75) is 51.7 Å². The van der Waals surface area contributed by atoms with E-state index in [-0.39, 0.29) is 13.2 Å². The molecule has 0 aliphatic rings. The van der Waals surface area contributed by atoms with E-state index >= 15 is 0 Å². The van der Waals surface area contributed by atoms with E-state index in [1.807, 2.05) is 0 Å². The van der Waals surface area contributed by atoms with Crippen LogP contribution in [0, 0.1) is 11.8 Å². The first kappa shape index (κ1) is 23.8. The van der Waals surface area contributed by atoms with Crippen molar-refractivity contribution in [2.75, 3.05) is 13.2 Å². The molecule has 0 aliphatic heterocycles. The van der Waals surface area contributed by atoms with Crippen molar-refractivity contribution in [1.29, 1.82) is 0 Å². The molecule has 0 fully saturated rings. The summed E-state index contributed by atoms with van der Waals surface area (Å²) in [6, 6.07) is 0. The molecule has 0 bridgehead atoms. The van der Waals surface area contributed by atoms with Gasteiger partial charge in [-0.25, -0.2) is 9.59 Å². The molecule has 0 amide bonds. The number of rotatable bonds is 11. The summed E-state index contributed by atoms with van der Waals surface area (Å²) in [7, 11) is 0. The van der Waals surface area contributed by atoms with Gasteiger partial charge in [0.25, 0.3) is 0 Å². The van der Waals surface area contributed by atoms with Crippen LogP contribution in [0.15, 0.2) is 0 Å². The van der Waals surface area contributed by atoms with Gasteiger partial charge in [-0.3, -0.25) is 9.59 Å². The average molecular weight is 378 g/mol. The first-order valence-corrected chi connectivity index (χ1v) is 8.12. The highest BCUT2D eigenvalue weighted by molar-refractivity contribution is 5.92. The van der Waals surface area contributed by atoms with Gasteiger partial charge in [0.2, 0.25) is 11.2 Å². The Kier molecular flexibility index (Phi) is 8.68. The van der Waals surface area contributed by atoms with Crippen LogP contribution >= 0.6 is 0 Å². The predicted molar refractivity (Wildman–Crippen MR) is 86.0 cm³/mol. The molecule has 0 saturated carbocycles. The molecule has 10 nitrogen and oxygen atoms in total. The number of aliphatic carboxylic acids is 2. The Bertz CT molecular complexity index is 497. The van der Waals surface area contributed by atoms with E-state index in [9.17, 15) is 39.6 Å². The molecule has 0 aliphatic carbocycles. The van der Waals surface area contributed by atoms with E-state index in [1.54, 1.807) is 0 Å². The second-order valence-corrected chi connectivity index (χ2v) is 5.96. The zero-order valence-electron chi connectivity index (χ0n) is 15.2. The summed E-state index contributed by atoms with van der Waals surface area (Å²) in [5.74, 6) is -8.91. The number of carboxylic acid groups (broad SMARTS) is 2. The highest BCUT2D eigenvalue weighted by atomic mass is 16.5. The summed E-state index contributed by atoms with van der Waals surface area (Å²) in [5.41, 5.74) is -6.53. The lowest BCUT2D eigenvalue weighted by Crippen LogP contribution is -2.70. The number of carbonyl (C=O) groups is 4. The van der Waals surface area contributed by atoms with E-state index in [1.165, 1.54) is 13.8 Å². The topological polar surface area (TPSA) is 168 Å². The predicted octanol–water partition coefficient (Wildman–Crippen LogP) is -0.204. The largest absolute Gasteiger partial charge is 0.479 e. The lowest BCUT2D eigenvalue weighted by atomic mass is 9.66. The summed E-state index contributed by atoms with van der Waals surface area (Å²) in [6.45, 7) is 5.22. The van der Waals surface area contributed by atoms with Crippen molar-refractivity contribution < 1.29 is 49.1 Å². The monoisotopic (exact) mass is 378 g/mol. The lowest BCUT2D eigenvalue weighted by molar-refractivity contribution is -0.230. The number of esters is 2. The minimum absolute atomic E-state index is 0.000483. The standard InChI is InChI=1S/C16H26O10/c1-5-25-11(17)7-9(3)15(23,13(19)20)16(24,14(21)22)10(4)8-12(18)26-6-2/h9-10,23-24H,5-8H2,1-4H3,(H,19,20)(H,21,22). The molecule has 4 N–H and O–H groups in total. The number of carboxylic acids is 2. The lowest BCUT2D eigenvalue weighted by Gasteiger charge is -2.43. The van der Waals surface area contributed by atoms with Crippen molar-refractivity contribution in [2.24, 2.45) is 11.8 Å². The second-order valence-electron chi connectivity index (χ2n) is 5.96. The summed E-state index contributed by atoms with van der Waals surface area (Å²) in [6.07, 6.45) is -1.31. The molecule has 4 atom stereocenters. The van der Waals surface area contributed by atoms with E-state index < -0.39 is 59.8 Å². The first-order chi connectivity index (χ1) is 11.9. The van der Waals surface area contributed by atoms with Gasteiger partial charge in [-0.15, -0.1) is 0 Å². The molecule has 4 unspecified atom stereocenters. The average Bonchev–Trinajstić information content (AvgIpc) is 2.52. The van der Waals surface area contributed by atoms with Crippen molar-refractivity contribution >= 4 is 23.9 Å². The van der Waals surface area contributed by atoms with Crippen LogP contribution in [0.25, 0.3) is 0 Å². The van der Waals surface area contributed by atoms with Gasteiger partial charge in [0, 0.05) is 11.8 Å². The highest BCUT2D eigenvalue weighted by Gasteiger charge is 2.66. The smallest absolute Gasteiger partial charge is 0.339 e. The van der Waals surface area contributed by atoms with Crippen LogP contribution in [0.5, 0.6) is 0 Å². The minimum atomic E-state index is -3.27. The van der Waals surface area contributed by atoms with Gasteiger partial charge in [0.05, 0.1) is 26.1 Å². The van der Waals surface area contributed by atoms with Gasteiger partial charge in [0.15, 0.2) is 0 Å². The molecular formula is C16H26O10. The zero-order valence-corrected chi connectivity index (χ0v) is 15.2. The molecule has 26 heavy (non-hydrogen) atoms. The third-order valence-electron chi connectivity index (χ3n) is 4.22. The van der Waals surface area contributed by atoms with E-state index in [2.05, 4.69) is 9.47 Å². The summed E-state index contributed by atoms with van der Waals surface area (Å²) >= 11 is 0. The van der Waals surface area contributed by atoms with Crippen molar-refractivity contribution in [3.63, 3.8) is 0 Å². The third-order valence-corrected chi connectivity index (χ3v) is 4.22. The molecule has 0 saturated heterocycles. The first-order valence-electron chi connectivity index (χ1n) is 8.12. The maximum Gasteiger partial charge on any atom is 0.339 e. The SMILES string of the molecule is CCOC(=O)CC(C)C(O)(C(=O)O)C(O)(C(=O)O)C(C)CC(=O)OCC. The van der Waals surface area contributed by atoms with Crippen LogP contribution in [0.1, 0.15) is 40.5 Å². The summed E-state index contributed by atoms with van der Waals surface area (Å²) in [4.78, 5) is 46.7. The van der Waals surface area contributed by atoms with Gasteiger partial charge in [0.1, 0.15) is 0 Å². The van der Waals surface area contributed by atoms with Gasteiger partial charge < -0.3 is 29.9 Å². The Morgan fingerprint density at radius 1 is 0.769 bits per heavy atom. The molecule has 0 aromatic carbocycles. The van der Waals surface area contributed by atoms with E-state index in [4.69, 9.17) is 0 Å². The summed E-state index contributed by atoms with van der Waals surface area (Å²) < 4.78 is 9.34. The highest BCUT2D eigenvalue weighted by Crippen LogP contribution is 2.39. The number of hydrogen-bond acceptors (Lipinski definition) is 8. The van der Waals surface area contributed by atoms with Crippen LogP contribution in [0.2, 0.25) is 0 Å². The number of hydrogen-bond donors (Lipinski definition) is 4. The zero-order chi connectivity index (χ0) is 20.7. The number of ether oxygens (including phenoxy) is 2. The van der Waals surface area contributed by atoms with Gasteiger partial charge >= 0.3 is 23.9 Å². The Morgan fingerprint density at radius 2 is 1.04 bits per heavy atom. The molecule has 0 radical (unpaired) electrons. The Hall–Kier alpha value is -2.20. The number of aliphatic hydroxyl groups is 2. The van der Waals surface area contributed by atoms with E-state index in [0.29, 0.717) is 0 Å². The molecule has 150 valence electrons. The molecular weight excluding hydrogens is 352 g/mol. The van der Waals surface area contributed by atoms with Crippen LogP contribution in [-0.2, 0) is 28.7 Å². The van der Waals surface area contributed by atoms with Crippen LogP contribution in [0.3, 0.4) is 0 Å². The maximum atomic E-state index is 11.7. The van der Waals surface area contributed by atoms with Crippen LogP contribution < -0.4 is 0 Å². The molecule has 10 heteroatoms. The minimum Gasteiger partial charge on any atom is -0.479 e.